The van der Waals surface area contributed by atoms with Crippen LogP contribution in [0.5, 0.6) is 0 Å². The number of hydrogen-bond donors (Lipinski definition) is 3. The molecule has 4 aromatic rings. The van der Waals surface area contributed by atoms with Crippen molar-refractivity contribution in [2.24, 2.45) is 0 Å². The Balaban J connectivity index is 1.51. The van der Waals surface area contributed by atoms with Crippen molar-refractivity contribution in [3.8, 4) is 0 Å². The predicted molar refractivity (Wildman–Crippen MR) is 140 cm³/mol. The van der Waals surface area contributed by atoms with E-state index in [-0.39, 0.29) is 19.4 Å². The molecular weight excluding hydrogens is 470 g/mol. The van der Waals surface area contributed by atoms with Gasteiger partial charge < -0.3 is 25.1 Å². The normalized spacial score (nSPS) is 12.4. The summed E-state index contributed by atoms with van der Waals surface area (Å²) < 4.78 is 10.3. The number of hydrogen-bond acceptors (Lipinski definition) is 5. The van der Waals surface area contributed by atoms with Gasteiger partial charge in [0.2, 0.25) is 5.91 Å². The van der Waals surface area contributed by atoms with Gasteiger partial charge in [0.15, 0.2) is 0 Å². The van der Waals surface area contributed by atoms with Crippen molar-refractivity contribution in [2.75, 3.05) is 7.11 Å². The number of benzene rings is 3. The maximum atomic E-state index is 13.4. The van der Waals surface area contributed by atoms with Gasteiger partial charge in [0.25, 0.3) is 0 Å². The Morgan fingerprint density at radius 1 is 0.784 bits per heavy atom. The standard InChI is InChI=1S/C29H29N3O5/c1-36-28(34)26(16-20-10-4-2-5-11-20)31-27(33)25(17-22-18-30-24-15-9-8-14-23(22)24)32-29(35)37-19-21-12-6-3-7-13-21/h2-15,18,25-26,30H,16-17,19H2,1H3,(H,31,33)(H,32,35)/t25-,26-/m0/s1. The number of esters is 1. The van der Waals surface area contributed by atoms with Crippen molar-refractivity contribution in [2.45, 2.75) is 31.5 Å². The fourth-order valence-electron chi connectivity index (χ4n) is 4.09. The maximum Gasteiger partial charge on any atom is 0.408 e. The maximum absolute atomic E-state index is 13.4. The molecule has 0 aliphatic carbocycles. The largest absolute Gasteiger partial charge is 0.467 e. The smallest absolute Gasteiger partial charge is 0.408 e. The zero-order valence-electron chi connectivity index (χ0n) is 20.5. The molecule has 0 bridgehead atoms. The first kappa shape index (κ1) is 25.5. The summed E-state index contributed by atoms with van der Waals surface area (Å²) in [6.45, 7) is 0.0624. The van der Waals surface area contributed by atoms with Crippen LogP contribution < -0.4 is 10.6 Å². The Bertz CT molecular complexity index is 1340. The monoisotopic (exact) mass is 499 g/mol. The van der Waals surface area contributed by atoms with Gasteiger partial charge in [-0.3, -0.25) is 4.79 Å². The molecule has 1 aromatic heterocycles. The highest BCUT2D eigenvalue weighted by Crippen LogP contribution is 2.19. The van der Waals surface area contributed by atoms with E-state index < -0.39 is 30.1 Å². The second kappa shape index (κ2) is 12.4. The van der Waals surface area contributed by atoms with E-state index in [4.69, 9.17) is 9.47 Å². The minimum absolute atomic E-state index is 0.0624. The topological polar surface area (TPSA) is 110 Å². The van der Waals surface area contributed by atoms with Gasteiger partial charge in [0.1, 0.15) is 18.7 Å². The van der Waals surface area contributed by atoms with E-state index in [1.54, 1.807) is 0 Å². The first-order valence-electron chi connectivity index (χ1n) is 12.0. The van der Waals surface area contributed by atoms with Crippen molar-refractivity contribution in [1.29, 1.82) is 0 Å². The lowest BCUT2D eigenvalue weighted by molar-refractivity contribution is -0.145. The first-order valence-corrected chi connectivity index (χ1v) is 12.0. The highest BCUT2D eigenvalue weighted by molar-refractivity contribution is 5.91. The summed E-state index contributed by atoms with van der Waals surface area (Å²) in [5.74, 6) is -1.09. The molecule has 1 heterocycles. The molecule has 8 nitrogen and oxygen atoms in total. The molecule has 0 spiro atoms. The molecule has 2 amide bonds. The zero-order valence-corrected chi connectivity index (χ0v) is 20.5. The van der Waals surface area contributed by atoms with Gasteiger partial charge in [-0.1, -0.05) is 78.9 Å². The average Bonchev–Trinajstić information content (AvgIpc) is 3.34. The molecule has 190 valence electrons. The number of alkyl carbamates (subject to hydrolysis) is 1. The van der Waals surface area contributed by atoms with Gasteiger partial charge in [-0.2, -0.15) is 0 Å². The fourth-order valence-corrected chi connectivity index (χ4v) is 4.09. The predicted octanol–water partition coefficient (Wildman–Crippen LogP) is 3.91. The highest BCUT2D eigenvalue weighted by Gasteiger charge is 2.29. The summed E-state index contributed by atoms with van der Waals surface area (Å²) in [6.07, 6.45) is 1.51. The molecule has 3 aromatic carbocycles. The van der Waals surface area contributed by atoms with Crippen LogP contribution in [0, 0.1) is 0 Å². The lowest BCUT2D eigenvalue weighted by atomic mass is 10.0. The number of aromatic amines is 1. The van der Waals surface area contributed by atoms with Gasteiger partial charge in [-0.05, 0) is 22.8 Å². The number of carbonyl (C=O) groups is 3. The van der Waals surface area contributed by atoms with Gasteiger partial charge >= 0.3 is 12.1 Å². The van der Waals surface area contributed by atoms with Crippen molar-refractivity contribution >= 4 is 28.9 Å². The van der Waals surface area contributed by atoms with Gasteiger partial charge in [-0.25, -0.2) is 9.59 Å². The third-order valence-electron chi connectivity index (χ3n) is 6.01. The van der Waals surface area contributed by atoms with Crippen LogP contribution in [0.2, 0.25) is 0 Å². The quantitative estimate of drug-likeness (QED) is 0.287. The molecular formula is C29H29N3O5. The Morgan fingerprint density at radius 3 is 2.14 bits per heavy atom. The summed E-state index contributed by atoms with van der Waals surface area (Å²) in [6, 6.07) is 24.3. The summed E-state index contributed by atoms with van der Waals surface area (Å²) >= 11 is 0. The van der Waals surface area contributed by atoms with Crippen LogP contribution in [-0.4, -0.2) is 42.1 Å². The van der Waals surface area contributed by atoms with Crippen molar-refractivity contribution in [1.82, 2.24) is 15.6 Å². The van der Waals surface area contributed by atoms with Crippen molar-refractivity contribution in [3.05, 3.63) is 108 Å². The average molecular weight is 500 g/mol. The number of amides is 2. The molecule has 0 fully saturated rings. The molecule has 0 aliphatic rings. The van der Waals surface area contributed by atoms with Crippen LogP contribution in [0.25, 0.3) is 10.9 Å². The van der Waals surface area contributed by atoms with E-state index >= 15 is 0 Å². The minimum Gasteiger partial charge on any atom is -0.467 e. The van der Waals surface area contributed by atoms with E-state index in [9.17, 15) is 14.4 Å². The molecule has 0 saturated heterocycles. The molecule has 0 aliphatic heterocycles. The summed E-state index contributed by atoms with van der Waals surface area (Å²) in [4.78, 5) is 41.8. The molecule has 37 heavy (non-hydrogen) atoms. The van der Waals surface area contributed by atoms with E-state index in [1.807, 2.05) is 91.1 Å². The molecule has 4 rings (SSSR count). The van der Waals surface area contributed by atoms with E-state index in [0.717, 1.165) is 27.6 Å². The molecule has 0 unspecified atom stereocenters. The van der Waals surface area contributed by atoms with Gasteiger partial charge in [0.05, 0.1) is 7.11 Å². The molecule has 0 saturated carbocycles. The highest BCUT2D eigenvalue weighted by atomic mass is 16.5. The van der Waals surface area contributed by atoms with Gasteiger partial charge in [0, 0.05) is 29.9 Å². The van der Waals surface area contributed by atoms with Crippen LogP contribution in [0.4, 0.5) is 4.79 Å². The number of nitrogens with one attached hydrogen (secondary N) is 3. The number of aromatic nitrogens is 1. The molecule has 0 radical (unpaired) electrons. The summed E-state index contributed by atoms with van der Waals surface area (Å²) in [5.41, 5.74) is 3.45. The van der Waals surface area contributed by atoms with Crippen LogP contribution in [0.3, 0.4) is 0 Å². The Labute approximate surface area is 215 Å². The fraction of sp³-hybridized carbons (Fsp3) is 0.207. The Hall–Kier alpha value is -4.59. The number of fused-ring (bicyclic) bond motifs is 1. The number of rotatable bonds is 10. The van der Waals surface area contributed by atoms with Gasteiger partial charge in [-0.15, -0.1) is 0 Å². The summed E-state index contributed by atoms with van der Waals surface area (Å²) in [5, 5.41) is 6.38. The van der Waals surface area contributed by atoms with E-state index in [1.165, 1.54) is 7.11 Å². The number of carbonyl (C=O) groups excluding carboxylic acids is 3. The second-order valence-corrected chi connectivity index (χ2v) is 8.60. The Morgan fingerprint density at radius 2 is 1.43 bits per heavy atom. The number of ether oxygens (including phenoxy) is 2. The lowest BCUT2D eigenvalue weighted by Gasteiger charge is -2.22. The number of para-hydroxylation sites is 1. The van der Waals surface area contributed by atoms with E-state index in [2.05, 4.69) is 15.6 Å². The molecule has 8 heteroatoms. The minimum atomic E-state index is -0.995. The van der Waals surface area contributed by atoms with E-state index in [0.29, 0.717) is 0 Å². The number of H-pyrrole nitrogens is 1. The first-order chi connectivity index (χ1) is 18.0. The third-order valence-corrected chi connectivity index (χ3v) is 6.01. The van der Waals surface area contributed by atoms with Crippen LogP contribution in [-0.2, 0) is 38.5 Å². The van der Waals surface area contributed by atoms with Crippen LogP contribution in [0.15, 0.2) is 91.1 Å². The molecule has 3 N–H and O–H groups in total. The summed E-state index contributed by atoms with van der Waals surface area (Å²) in [7, 11) is 1.27. The second-order valence-electron chi connectivity index (χ2n) is 8.60. The Kier molecular flexibility index (Phi) is 8.54. The number of methoxy groups -OCH3 is 1. The lowest BCUT2D eigenvalue weighted by Crippen LogP contribution is -2.53. The van der Waals surface area contributed by atoms with Crippen LogP contribution in [0.1, 0.15) is 16.7 Å². The zero-order chi connectivity index (χ0) is 26.0. The SMILES string of the molecule is COC(=O)[C@H](Cc1ccccc1)NC(=O)[C@H](Cc1c[nH]c2ccccc12)NC(=O)OCc1ccccc1. The third kappa shape index (κ3) is 6.98. The molecule has 2 atom stereocenters. The van der Waals surface area contributed by atoms with Crippen molar-refractivity contribution < 1.29 is 23.9 Å². The van der Waals surface area contributed by atoms with Crippen LogP contribution >= 0.6 is 0 Å². The van der Waals surface area contributed by atoms with Crippen molar-refractivity contribution in [3.63, 3.8) is 0 Å².